The van der Waals surface area contributed by atoms with Crippen LogP contribution in [0.1, 0.15) is 36.1 Å². The summed E-state index contributed by atoms with van der Waals surface area (Å²) in [5, 5.41) is 11.2. The van der Waals surface area contributed by atoms with Crippen LogP contribution in [-0.2, 0) is 6.54 Å². The molecule has 0 amide bonds. The number of hydrogen-bond acceptors (Lipinski definition) is 5. The van der Waals surface area contributed by atoms with Crippen molar-refractivity contribution in [3.63, 3.8) is 0 Å². The number of hydrogen-bond donors (Lipinski definition) is 1. The normalized spacial score (nSPS) is 12.5. The van der Waals surface area contributed by atoms with Crippen LogP contribution in [0.5, 0.6) is 0 Å². The Morgan fingerprint density at radius 2 is 1.95 bits per heavy atom. The Balaban J connectivity index is 1.66. The molecule has 0 spiro atoms. The van der Waals surface area contributed by atoms with Gasteiger partial charge in [-0.3, -0.25) is 0 Å². The van der Waals surface area contributed by atoms with Gasteiger partial charge in [-0.25, -0.2) is 4.98 Å². The predicted molar refractivity (Wildman–Crippen MR) is 82.6 cm³/mol. The number of aromatic nitrogens is 4. The summed E-state index contributed by atoms with van der Waals surface area (Å²) >= 11 is 0. The van der Waals surface area contributed by atoms with E-state index in [4.69, 9.17) is 4.42 Å². The smallest absolute Gasteiger partial charge is 0.230 e. The molecule has 3 aromatic rings. The van der Waals surface area contributed by atoms with Gasteiger partial charge in [0.2, 0.25) is 11.8 Å². The van der Waals surface area contributed by atoms with Gasteiger partial charge in [0.25, 0.3) is 0 Å². The van der Waals surface area contributed by atoms with E-state index in [-0.39, 0.29) is 6.04 Å². The molecule has 0 radical (unpaired) electrons. The lowest BCUT2D eigenvalue weighted by atomic mass is 10.1. The third kappa shape index (κ3) is 3.07. The average molecular weight is 297 g/mol. The predicted octanol–water partition coefficient (Wildman–Crippen LogP) is 2.72. The van der Waals surface area contributed by atoms with E-state index in [0.717, 1.165) is 11.5 Å². The lowest BCUT2D eigenvalue weighted by Crippen LogP contribution is -2.18. The lowest BCUT2D eigenvalue weighted by Gasteiger charge is -2.14. The van der Waals surface area contributed by atoms with Crippen molar-refractivity contribution < 1.29 is 4.42 Å². The number of nitrogens with one attached hydrogen (secondary N) is 1. The molecule has 0 aliphatic rings. The van der Waals surface area contributed by atoms with Crippen LogP contribution in [-0.4, -0.2) is 19.7 Å². The number of rotatable bonds is 5. The molecule has 1 aromatic carbocycles. The zero-order valence-electron chi connectivity index (χ0n) is 12.9. The molecule has 1 unspecified atom stereocenters. The highest BCUT2D eigenvalue weighted by atomic mass is 16.4. The maximum absolute atomic E-state index is 5.36. The number of imidazole rings is 1. The molecule has 3 rings (SSSR count). The Labute approximate surface area is 129 Å². The Kier molecular flexibility index (Phi) is 4.02. The summed E-state index contributed by atoms with van der Waals surface area (Å²) in [4.78, 5) is 4.24. The van der Waals surface area contributed by atoms with E-state index in [2.05, 4.69) is 56.3 Å². The van der Waals surface area contributed by atoms with Crippen molar-refractivity contribution in [3.05, 3.63) is 59.8 Å². The molecule has 2 heterocycles. The second-order valence-corrected chi connectivity index (χ2v) is 5.25. The van der Waals surface area contributed by atoms with Crippen LogP contribution in [0.15, 0.2) is 41.1 Å². The quantitative estimate of drug-likeness (QED) is 0.784. The highest BCUT2D eigenvalue weighted by Crippen LogP contribution is 2.17. The fourth-order valence-electron chi connectivity index (χ4n) is 2.34. The molecule has 0 fully saturated rings. The highest BCUT2D eigenvalue weighted by molar-refractivity contribution is 5.36. The minimum absolute atomic E-state index is 0.199. The number of nitrogens with zero attached hydrogens (tertiary/aromatic N) is 4. The van der Waals surface area contributed by atoms with Gasteiger partial charge in [-0.1, -0.05) is 12.1 Å². The van der Waals surface area contributed by atoms with Crippen molar-refractivity contribution in [2.75, 3.05) is 0 Å². The molecule has 22 heavy (non-hydrogen) atoms. The van der Waals surface area contributed by atoms with Crippen LogP contribution >= 0.6 is 0 Å². The topological polar surface area (TPSA) is 68.8 Å². The van der Waals surface area contributed by atoms with Crippen LogP contribution < -0.4 is 5.32 Å². The maximum atomic E-state index is 5.36. The minimum atomic E-state index is 0.199. The summed E-state index contributed by atoms with van der Waals surface area (Å²) in [6.45, 7) is 6.45. The zero-order chi connectivity index (χ0) is 15.5. The lowest BCUT2D eigenvalue weighted by molar-refractivity contribution is 0.430. The SMILES string of the molecule is Cc1nnc(CNC(C)c2ccc(-n3ccnc3C)cc2)o1. The summed E-state index contributed by atoms with van der Waals surface area (Å²) in [5.74, 6) is 2.17. The van der Waals surface area contributed by atoms with Crippen LogP contribution in [0.4, 0.5) is 0 Å². The van der Waals surface area contributed by atoms with E-state index >= 15 is 0 Å². The molecule has 0 saturated heterocycles. The molecule has 114 valence electrons. The van der Waals surface area contributed by atoms with Crippen LogP contribution in [0.3, 0.4) is 0 Å². The van der Waals surface area contributed by atoms with Gasteiger partial charge in [-0.2, -0.15) is 0 Å². The third-order valence-electron chi connectivity index (χ3n) is 3.62. The molecule has 0 bridgehead atoms. The Hall–Kier alpha value is -2.47. The van der Waals surface area contributed by atoms with Gasteiger partial charge in [-0.15, -0.1) is 10.2 Å². The van der Waals surface area contributed by atoms with Crippen molar-refractivity contribution in [1.82, 2.24) is 25.1 Å². The van der Waals surface area contributed by atoms with Crippen LogP contribution in [0.25, 0.3) is 5.69 Å². The average Bonchev–Trinajstić information content (AvgIpc) is 3.13. The second kappa shape index (κ2) is 6.11. The van der Waals surface area contributed by atoms with E-state index in [1.165, 1.54) is 5.56 Å². The van der Waals surface area contributed by atoms with Gasteiger partial charge in [-0.05, 0) is 31.5 Å². The second-order valence-electron chi connectivity index (χ2n) is 5.25. The Bertz CT molecular complexity index is 744. The summed E-state index contributed by atoms with van der Waals surface area (Å²) in [7, 11) is 0. The van der Waals surface area contributed by atoms with Gasteiger partial charge in [0.1, 0.15) is 5.82 Å². The van der Waals surface area contributed by atoms with Crippen molar-refractivity contribution in [1.29, 1.82) is 0 Å². The molecule has 0 aliphatic heterocycles. The van der Waals surface area contributed by atoms with E-state index in [1.807, 2.05) is 13.1 Å². The van der Waals surface area contributed by atoms with Gasteiger partial charge < -0.3 is 14.3 Å². The summed E-state index contributed by atoms with van der Waals surface area (Å²) < 4.78 is 7.41. The minimum Gasteiger partial charge on any atom is -0.424 e. The molecule has 6 nitrogen and oxygen atoms in total. The molecule has 1 N–H and O–H groups in total. The standard InChI is InChI=1S/C16H19N5O/c1-11(18-10-16-20-19-13(3)22-16)14-4-6-15(7-5-14)21-9-8-17-12(21)2/h4-9,11,18H,10H2,1-3H3. The molecule has 1 atom stereocenters. The molecular weight excluding hydrogens is 278 g/mol. The fraction of sp³-hybridized carbons (Fsp3) is 0.312. The van der Waals surface area contributed by atoms with Gasteiger partial charge in [0, 0.05) is 31.0 Å². The van der Waals surface area contributed by atoms with Crippen LogP contribution in [0, 0.1) is 13.8 Å². The molecule has 0 saturated carbocycles. The zero-order valence-corrected chi connectivity index (χ0v) is 12.9. The first-order valence-electron chi connectivity index (χ1n) is 7.26. The molecule has 2 aromatic heterocycles. The van der Waals surface area contributed by atoms with E-state index < -0.39 is 0 Å². The number of aryl methyl sites for hydroxylation is 2. The van der Waals surface area contributed by atoms with Crippen LogP contribution in [0.2, 0.25) is 0 Å². The van der Waals surface area contributed by atoms with Crippen molar-refractivity contribution >= 4 is 0 Å². The molecule has 0 aliphatic carbocycles. The van der Waals surface area contributed by atoms with Crippen molar-refractivity contribution in [2.45, 2.75) is 33.4 Å². The first-order valence-corrected chi connectivity index (χ1v) is 7.26. The van der Waals surface area contributed by atoms with E-state index in [1.54, 1.807) is 13.1 Å². The van der Waals surface area contributed by atoms with Crippen molar-refractivity contribution in [3.8, 4) is 5.69 Å². The fourth-order valence-corrected chi connectivity index (χ4v) is 2.34. The maximum Gasteiger partial charge on any atom is 0.230 e. The Morgan fingerprint density at radius 3 is 2.55 bits per heavy atom. The summed E-state index contributed by atoms with van der Waals surface area (Å²) in [5.41, 5.74) is 2.32. The largest absolute Gasteiger partial charge is 0.424 e. The van der Waals surface area contributed by atoms with Crippen molar-refractivity contribution in [2.24, 2.45) is 0 Å². The summed E-state index contributed by atoms with van der Waals surface area (Å²) in [6, 6.07) is 8.62. The molecule has 6 heteroatoms. The number of benzene rings is 1. The summed E-state index contributed by atoms with van der Waals surface area (Å²) in [6.07, 6.45) is 3.77. The monoisotopic (exact) mass is 297 g/mol. The molecular formula is C16H19N5O. The highest BCUT2D eigenvalue weighted by Gasteiger charge is 2.08. The third-order valence-corrected chi connectivity index (χ3v) is 3.62. The first-order chi connectivity index (χ1) is 10.6. The first kappa shape index (κ1) is 14.5. The van der Waals surface area contributed by atoms with E-state index in [0.29, 0.717) is 18.3 Å². The van der Waals surface area contributed by atoms with Gasteiger partial charge in [0.15, 0.2) is 0 Å². The Morgan fingerprint density at radius 1 is 1.18 bits per heavy atom. The van der Waals surface area contributed by atoms with Gasteiger partial charge >= 0.3 is 0 Å². The van der Waals surface area contributed by atoms with E-state index in [9.17, 15) is 0 Å². The van der Waals surface area contributed by atoms with Gasteiger partial charge in [0.05, 0.1) is 6.54 Å².